The Labute approximate surface area is 160 Å². The molecule has 27 heavy (non-hydrogen) atoms. The van der Waals surface area contributed by atoms with Crippen molar-refractivity contribution in [2.45, 2.75) is 25.8 Å². The average Bonchev–Trinajstić information content (AvgIpc) is 3.27. The number of aryl methyl sites for hydroxylation is 2. The lowest BCUT2D eigenvalue weighted by Gasteiger charge is -2.19. The van der Waals surface area contributed by atoms with Crippen molar-refractivity contribution in [3.05, 3.63) is 75.8 Å². The van der Waals surface area contributed by atoms with E-state index < -0.39 is 11.9 Å². The van der Waals surface area contributed by atoms with Crippen molar-refractivity contribution >= 4 is 23.0 Å². The van der Waals surface area contributed by atoms with Crippen molar-refractivity contribution in [3.63, 3.8) is 0 Å². The van der Waals surface area contributed by atoms with Gasteiger partial charge < -0.3 is 9.88 Å². The minimum atomic E-state index is -0.724. The third-order valence-corrected chi connectivity index (χ3v) is 5.27. The zero-order chi connectivity index (χ0) is 19.4. The summed E-state index contributed by atoms with van der Waals surface area (Å²) in [7, 11) is 1.78. The first kappa shape index (κ1) is 19.0. The first-order chi connectivity index (χ1) is 13.0. The Morgan fingerprint density at radius 2 is 2.00 bits per heavy atom. The van der Waals surface area contributed by atoms with Crippen LogP contribution in [0, 0.1) is 12.7 Å². The number of nitrogens with zero attached hydrogens (tertiary/aromatic N) is 2. The van der Waals surface area contributed by atoms with Crippen LogP contribution in [0.4, 0.5) is 4.39 Å². The van der Waals surface area contributed by atoms with E-state index in [2.05, 4.69) is 10.3 Å². The number of amides is 1. The maximum Gasteiger partial charge on any atom is 0.221 e. The van der Waals surface area contributed by atoms with E-state index in [4.69, 9.17) is 0 Å². The fourth-order valence-corrected chi connectivity index (χ4v) is 3.65. The Bertz CT molecular complexity index is 964. The number of ketones is 1. The number of hydrogen-bond donors (Lipinski definition) is 1. The quantitative estimate of drug-likeness (QED) is 0.629. The molecule has 0 saturated heterocycles. The van der Waals surface area contributed by atoms with Gasteiger partial charge in [0.2, 0.25) is 5.91 Å². The van der Waals surface area contributed by atoms with E-state index in [-0.39, 0.29) is 24.5 Å². The maximum atomic E-state index is 14.3. The van der Waals surface area contributed by atoms with E-state index in [9.17, 15) is 14.0 Å². The van der Waals surface area contributed by atoms with E-state index in [1.807, 2.05) is 13.0 Å². The van der Waals surface area contributed by atoms with Gasteiger partial charge in [0.25, 0.3) is 0 Å². The predicted molar refractivity (Wildman–Crippen MR) is 102 cm³/mol. The lowest BCUT2D eigenvalue weighted by atomic mass is 10.0. The smallest absolute Gasteiger partial charge is 0.221 e. The summed E-state index contributed by atoms with van der Waals surface area (Å²) in [6, 6.07) is 9.21. The Morgan fingerprint density at radius 3 is 2.63 bits per heavy atom. The van der Waals surface area contributed by atoms with E-state index in [1.165, 1.54) is 17.4 Å². The number of aromatic nitrogens is 2. The van der Waals surface area contributed by atoms with Crippen LogP contribution >= 0.6 is 11.3 Å². The van der Waals surface area contributed by atoms with Crippen LogP contribution in [0.5, 0.6) is 0 Å². The predicted octanol–water partition coefficient (Wildman–Crippen LogP) is 3.80. The van der Waals surface area contributed by atoms with Crippen molar-refractivity contribution in [1.29, 1.82) is 0 Å². The van der Waals surface area contributed by atoms with Crippen molar-refractivity contribution < 1.29 is 14.0 Å². The minimum absolute atomic E-state index is 0.0329. The Balaban J connectivity index is 1.72. The van der Waals surface area contributed by atoms with Crippen molar-refractivity contribution in [2.24, 2.45) is 7.05 Å². The van der Waals surface area contributed by atoms with Gasteiger partial charge in [0, 0.05) is 42.7 Å². The average molecular weight is 385 g/mol. The van der Waals surface area contributed by atoms with Gasteiger partial charge in [-0.05, 0) is 25.1 Å². The molecule has 1 atom stereocenters. The SMILES string of the molecule is Cc1ccc(C(=O)CCC(=O)N[C@@H](c2ccccc2F)c2nccn2C)s1. The molecule has 0 aliphatic rings. The Morgan fingerprint density at radius 1 is 1.22 bits per heavy atom. The molecule has 3 aromatic rings. The number of nitrogens with one attached hydrogen (secondary N) is 1. The van der Waals surface area contributed by atoms with Gasteiger partial charge in [0.1, 0.15) is 17.7 Å². The highest BCUT2D eigenvalue weighted by Gasteiger charge is 2.23. The van der Waals surface area contributed by atoms with Crippen molar-refractivity contribution in [2.75, 3.05) is 0 Å². The van der Waals surface area contributed by atoms with Crippen LogP contribution in [0.15, 0.2) is 48.8 Å². The number of hydrogen-bond acceptors (Lipinski definition) is 4. The number of carbonyl (C=O) groups is 2. The molecule has 0 radical (unpaired) electrons. The van der Waals surface area contributed by atoms with Crippen LogP contribution < -0.4 is 5.32 Å². The summed E-state index contributed by atoms with van der Waals surface area (Å²) in [4.78, 5) is 30.6. The second kappa shape index (κ2) is 8.26. The molecule has 3 rings (SSSR count). The maximum absolute atomic E-state index is 14.3. The molecule has 2 aromatic heterocycles. The van der Waals surface area contributed by atoms with Crippen LogP contribution in [0.25, 0.3) is 0 Å². The molecule has 0 unspecified atom stereocenters. The van der Waals surface area contributed by atoms with Gasteiger partial charge in [0.15, 0.2) is 5.78 Å². The fourth-order valence-electron chi connectivity index (χ4n) is 2.81. The summed E-state index contributed by atoms with van der Waals surface area (Å²) in [5.41, 5.74) is 0.334. The summed E-state index contributed by atoms with van der Waals surface area (Å²) in [6.45, 7) is 1.93. The first-order valence-electron chi connectivity index (χ1n) is 8.56. The highest BCUT2D eigenvalue weighted by atomic mass is 32.1. The largest absolute Gasteiger partial charge is 0.342 e. The number of carbonyl (C=O) groups excluding carboxylic acids is 2. The molecule has 0 bridgehead atoms. The summed E-state index contributed by atoms with van der Waals surface area (Å²) in [5.74, 6) is -0.292. The second-order valence-corrected chi connectivity index (χ2v) is 7.54. The van der Waals surface area contributed by atoms with Crippen LogP contribution in [0.2, 0.25) is 0 Å². The molecule has 0 aliphatic carbocycles. The molecule has 1 amide bonds. The molecule has 2 heterocycles. The number of thiophene rings is 1. The van der Waals surface area contributed by atoms with Crippen LogP contribution in [0.3, 0.4) is 0 Å². The molecule has 0 spiro atoms. The number of halogens is 1. The van der Waals surface area contributed by atoms with Gasteiger partial charge in [-0.3, -0.25) is 9.59 Å². The normalized spacial score (nSPS) is 12.0. The summed E-state index contributed by atoms with van der Waals surface area (Å²) >= 11 is 1.42. The summed E-state index contributed by atoms with van der Waals surface area (Å²) in [5, 5.41) is 2.82. The topological polar surface area (TPSA) is 64.0 Å². The fraction of sp³-hybridized carbons (Fsp3) is 0.250. The Kier molecular flexibility index (Phi) is 5.81. The Hall–Kier alpha value is -2.80. The van der Waals surface area contributed by atoms with E-state index >= 15 is 0 Å². The molecule has 0 fully saturated rings. The highest BCUT2D eigenvalue weighted by molar-refractivity contribution is 7.14. The molecule has 1 aromatic carbocycles. The number of rotatable bonds is 7. The van der Waals surface area contributed by atoms with Gasteiger partial charge in [0.05, 0.1) is 4.88 Å². The van der Waals surface area contributed by atoms with Crippen LogP contribution in [-0.2, 0) is 11.8 Å². The molecule has 5 nitrogen and oxygen atoms in total. The van der Waals surface area contributed by atoms with Crippen LogP contribution in [0.1, 0.15) is 44.8 Å². The lowest BCUT2D eigenvalue weighted by molar-refractivity contribution is -0.121. The van der Waals surface area contributed by atoms with Crippen molar-refractivity contribution in [1.82, 2.24) is 14.9 Å². The molecular formula is C20H20FN3O2S. The first-order valence-corrected chi connectivity index (χ1v) is 9.38. The number of imidazole rings is 1. The zero-order valence-electron chi connectivity index (χ0n) is 15.1. The van der Waals surface area contributed by atoms with Crippen LogP contribution in [-0.4, -0.2) is 21.2 Å². The molecule has 140 valence electrons. The lowest BCUT2D eigenvalue weighted by Crippen LogP contribution is -2.31. The molecule has 7 heteroatoms. The van der Waals surface area contributed by atoms with Gasteiger partial charge in [-0.25, -0.2) is 9.37 Å². The van der Waals surface area contributed by atoms with Gasteiger partial charge in [-0.15, -0.1) is 11.3 Å². The highest BCUT2D eigenvalue weighted by Crippen LogP contribution is 2.23. The molecular weight excluding hydrogens is 365 g/mol. The number of benzene rings is 1. The summed E-state index contributed by atoms with van der Waals surface area (Å²) < 4.78 is 16.0. The third kappa shape index (κ3) is 4.49. The van der Waals surface area contributed by atoms with E-state index in [1.54, 1.807) is 48.3 Å². The molecule has 1 N–H and O–H groups in total. The minimum Gasteiger partial charge on any atom is -0.342 e. The second-order valence-electron chi connectivity index (χ2n) is 6.25. The molecule has 0 saturated carbocycles. The van der Waals surface area contributed by atoms with E-state index in [0.29, 0.717) is 16.3 Å². The van der Waals surface area contributed by atoms with Gasteiger partial charge in [-0.2, -0.15) is 0 Å². The van der Waals surface area contributed by atoms with Gasteiger partial charge >= 0.3 is 0 Å². The molecule has 0 aliphatic heterocycles. The summed E-state index contributed by atoms with van der Waals surface area (Å²) in [6.07, 6.45) is 3.47. The monoisotopic (exact) mass is 385 g/mol. The van der Waals surface area contributed by atoms with Crippen molar-refractivity contribution in [3.8, 4) is 0 Å². The van der Waals surface area contributed by atoms with Gasteiger partial charge in [-0.1, -0.05) is 18.2 Å². The van der Waals surface area contributed by atoms with E-state index in [0.717, 1.165) is 4.88 Å². The zero-order valence-corrected chi connectivity index (χ0v) is 15.9. The third-order valence-electron chi connectivity index (χ3n) is 4.23. The number of Topliss-reactive ketones (excluding diaryl/α,β-unsaturated/α-hetero) is 1. The standard InChI is InChI=1S/C20H20FN3O2S/c1-13-7-9-17(27-13)16(25)8-10-18(26)23-19(20-22-11-12-24(20)2)14-5-3-4-6-15(14)21/h3-7,9,11-12,19H,8,10H2,1-2H3,(H,23,26)/t19-/m0/s1.